The predicted octanol–water partition coefficient (Wildman–Crippen LogP) is 1.92. The molecule has 2 heteroatoms. The zero-order chi connectivity index (χ0) is 9.10. The van der Waals surface area contributed by atoms with Gasteiger partial charge in [0.25, 0.3) is 5.91 Å². The summed E-state index contributed by atoms with van der Waals surface area (Å²) in [5.74, 6) is 0.179. The molecule has 0 aliphatic carbocycles. The Kier molecular flexibility index (Phi) is 2.30. The zero-order valence-electron chi connectivity index (χ0n) is 7.57. The fourth-order valence-corrected chi connectivity index (χ4v) is 1.68. The van der Waals surface area contributed by atoms with Crippen LogP contribution in [-0.2, 0) is 0 Å². The molecule has 0 bridgehead atoms. The average Bonchev–Trinajstić information content (AvgIpc) is 2.71. The SMILES string of the molecule is O=[11C](c1ccccc1)N1CCCC1. The monoisotopic (exact) mass is 174 g/mol. The molecule has 2 rings (SSSR count). The maximum absolute atomic E-state index is 11.8. The molecule has 68 valence electrons. The fourth-order valence-electron chi connectivity index (χ4n) is 1.68. The van der Waals surface area contributed by atoms with Gasteiger partial charge in [0.1, 0.15) is 0 Å². The summed E-state index contributed by atoms with van der Waals surface area (Å²) in [6.45, 7) is 1.85. The first-order chi connectivity index (χ1) is 6.38. The van der Waals surface area contributed by atoms with Crippen LogP contribution in [0.1, 0.15) is 23.2 Å². The number of rotatable bonds is 1. The highest BCUT2D eigenvalue weighted by atomic mass is 16.1. The van der Waals surface area contributed by atoms with Crippen molar-refractivity contribution in [3.63, 3.8) is 0 Å². The molecule has 0 N–H and O–H groups in total. The summed E-state index contributed by atoms with van der Waals surface area (Å²) in [6, 6.07) is 9.49. The van der Waals surface area contributed by atoms with Gasteiger partial charge in [-0.1, -0.05) is 18.2 Å². The molecule has 1 aliphatic rings. The van der Waals surface area contributed by atoms with Crippen LogP contribution in [0.4, 0.5) is 0 Å². The molecule has 1 aromatic carbocycles. The van der Waals surface area contributed by atoms with Gasteiger partial charge in [-0.2, -0.15) is 0 Å². The van der Waals surface area contributed by atoms with Crippen molar-refractivity contribution in [1.82, 2.24) is 4.90 Å². The van der Waals surface area contributed by atoms with E-state index in [9.17, 15) is 4.79 Å². The fraction of sp³-hybridized carbons (Fsp3) is 0.364. The van der Waals surface area contributed by atoms with Crippen molar-refractivity contribution >= 4 is 5.91 Å². The van der Waals surface area contributed by atoms with Gasteiger partial charge in [-0.3, -0.25) is 4.79 Å². The van der Waals surface area contributed by atoms with Crippen LogP contribution in [0.5, 0.6) is 0 Å². The first-order valence-electron chi connectivity index (χ1n) is 4.72. The molecule has 0 saturated carbocycles. The van der Waals surface area contributed by atoms with Crippen molar-refractivity contribution < 1.29 is 4.79 Å². The molecule has 1 amide bonds. The Labute approximate surface area is 78.2 Å². The first-order valence-corrected chi connectivity index (χ1v) is 4.72. The lowest BCUT2D eigenvalue weighted by Crippen LogP contribution is -2.27. The minimum atomic E-state index is 0.179. The van der Waals surface area contributed by atoms with E-state index in [4.69, 9.17) is 0 Å². The highest BCUT2D eigenvalue weighted by Gasteiger charge is 2.18. The number of hydrogen-bond acceptors (Lipinski definition) is 1. The number of likely N-dealkylation sites (tertiary alicyclic amines) is 1. The second kappa shape index (κ2) is 3.60. The van der Waals surface area contributed by atoms with Crippen molar-refractivity contribution in [1.29, 1.82) is 0 Å². The van der Waals surface area contributed by atoms with Crippen molar-refractivity contribution in [3.05, 3.63) is 35.9 Å². The van der Waals surface area contributed by atoms with Crippen molar-refractivity contribution in [2.24, 2.45) is 0 Å². The lowest BCUT2D eigenvalue weighted by molar-refractivity contribution is 0.0793. The standard InChI is InChI=1S/C11H13NO/c13-11(12-8-4-5-9-12)10-6-2-1-3-7-10/h1-3,6-7H,4-5,8-9H2/i11-1. The van der Waals surface area contributed by atoms with Gasteiger partial charge < -0.3 is 4.90 Å². The maximum Gasteiger partial charge on any atom is 0.253 e. The van der Waals surface area contributed by atoms with Gasteiger partial charge in [0.15, 0.2) is 0 Å². The molecule has 1 aliphatic heterocycles. The van der Waals surface area contributed by atoms with Gasteiger partial charge in [-0.25, -0.2) is 0 Å². The minimum absolute atomic E-state index is 0.179. The van der Waals surface area contributed by atoms with E-state index in [2.05, 4.69) is 0 Å². The molecular weight excluding hydrogens is 161 g/mol. The van der Waals surface area contributed by atoms with Gasteiger partial charge in [-0.05, 0) is 25.0 Å². The normalized spacial score (nSPS) is 16.2. The summed E-state index contributed by atoms with van der Waals surface area (Å²) in [5, 5.41) is 0. The number of carbonyl (C=O) groups is 1. The third-order valence-electron chi connectivity index (χ3n) is 2.41. The van der Waals surface area contributed by atoms with E-state index in [1.165, 1.54) is 0 Å². The van der Waals surface area contributed by atoms with E-state index < -0.39 is 0 Å². The van der Waals surface area contributed by atoms with Crippen LogP contribution in [0.2, 0.25) is 0 Å². The summed E-state index contributed by atoms with van der Waals surface area (Å²) in [4.78, 5) is 13.7. The van der Waals surface area contributed by atoms with Crippen LogP contribution in [0.25, 0.3) is 0 Å². The van der Waals surface area contributed by atoms with Crippen LogP contribution in [0.3, 0.4) is 0 Å². The highest BCUT2D eigenvalue weighted by molar-refractivity contribution is 5.94. The smallest absolute Gasteiger partial charge is 0.253 e. The Morgan fingerprint density at radius 2 is 1.69 bits per heavy atom. The van der Waals surface area contributed by atoms with Crippen LogP contribution in [0, 0.1) is 0 Å². The Hall–Kier alpha value is -1.31. The summed E-state index contributed by atoms with van der Waals surface area (Å²) < 4.78 is 0. The number of hydrogen-bond donors (Lipinski definition) is 0. The lowest BCUT2D eigenvalue weighted by Gasteiger charge is -2.14. The molecule has 0 aromatic heterocycles. The Morgan fingerprint density at radius 1 is 1.08 bits per heavy atom. The number of carbonyl (C=O) groups excluding carboxylic acids is 1. The van der Waals surface area contributed by atoms with Crippen LogP contribution >= 0.6 is 0 Å². The quantitative estimate of drug-likeness (QED) is 0.637. The van der Waals surface area contributed by atoms with Gasteiger partial charge in [0.05, 0.1) is 0 Å². The van der Waals surface area contributed by atoms with Gasteiger partial charge in [0, 0.05) is 18.7 Å². The first kappa shape index (κ1) is 8.30. The van der Waals surface area contributed by atoms with E-state index in [1.807, 2.05) is 35.2 Å². The summed E-state index contributed by atoms with van der Waals surface area (Å²) in [5.41, 5.74) is 0.810. The lowest BCUT2D eigenvalue weighted by atomic mass is 9.87. The summed E-state index contributed by atoms with van der Waals surface area (Å²) >= 11 is 0. The van der Waals surface area contributed by atoms with Crippen LogP contribution in [-0.4, -0.2) is 23.9 Å². The molecular formula is C11H13NO. The molecule has 1 aromatic rings. The number of benzene rings is 1. The summed E-state index contributed by atoms with van der Waals surface area (Å²) in [6.07, 6.45) is 2.30. The van der Waals surface area contributed by atoms with Crippen LogP contribution in [0.15, 0.2) is 30.3 Å². The molecule has 1 saturated heterocycles. The molecule has 2 nitrogen and oxygen atoms in total. The second-order valence-electron chi connectivity index (χ2n) is 3.37. The van der Waals surface area contributed by atoms with Crippen molar-refractivity contribution in [2.45, 2.75) is 12.8 Å². The highest BCUT2D eigenvalue weighted by Crippen LogP contribution is 2.12. The Balaban J connectivity index is 2.13. The van der Waals surface area contributed by atoms with Gasteiger partial charge in [0.2, 0.25) is 0 Å². The van der Waals surface area contributed by atoms with Gasteiger partial charge in [-0.15, -0.1) is 0 Å². The Bertz CT molecular complexity index is 288. The van der Waals surface area contributed by atoms with E-state index in [0.717, 1.165) is 31.5 Å². The van der Waals surface area contributed by atoms with Crippen molar-refractivity contribution in [3.8, 4) is 0 Å². The molecule has 13 heavy (non-hydrogen) atoms. The predicted molar refractivity (Wildman–Crippen MR) is 51.6 cm³/mol. The van der Waals surface area contributed by atoms with E-state index in [0.29, 0.717) is 0 Å². The maximum atomic E-state index is 11.8. The third kappa shape index (κ3) is 1.72. The van der Waals surface area contributed by atoms with Crippen LogP contribution < -0.4 is 0 Å². The summed E-state index contributed by atoms with van der Waals surface area (Å²) in [7, 11) is 0. The zero-order valence-corrected chi connectivity index (χ0v) is 7.57. The average molecular weight is 174 g/mol. The minimum Gasteiger partial charge on any atom is -0.339 e. The van der Waals surface area contributed by atoms with Gasteiger partial charge >= 0.3 is 0 Å². The Morgan fingerprint density at radius 3 is 2.31 bits per heavy atom. The van der Waals surface area contributed by atoms with E-state index >= 15 is 0 Å². The molecule has 0 spiro atoms. The van der Waals surface area contributed by atoms with E-state index in [-0.39, 0.29) is 5.91 Å². The second-order valence-corrected chi connectivity index (χ2v) is 3.37. The third-order valence-corrected chi connectivity index (χ3v) is 2.41. The molecule has 0 radical (unpaired) electrons. The largest absolute Gasteiger partial charge is 0.339 e. The molecule has 0 atom stereocenters. The van der Waals surface area contributed by atoms with Crippen molar-refractivity contribution in [2.75, 3.05) is 13.1 Å². The molecule has 1 fully saturated rings. The molecule has 0 unspecified atom stereocenters. The number of amides is 1. The topological polar surface area (TPSA) is 20.3 Å². The van der Waals surface area contributed by atoms with E-state index in [1.54, 1.807) is 0 Å². The molecule has 1 heterocycles. The number of nitrogens with zero attached hydrogens (tertiary/aromatic N) is 1.